The monoisotopic (exact) mass is 425 g/mol. The van der Waals surface area contributed by atoms with E-state index in [1.807, 2.05) is 28.8 Å². The van der Waals surface area contributed by atoms with Crippen molar-refractivity contribution in [1.82, 2.24) is 9.55 Å². The van der Waals surface area contributed by atoms with Crippen LogP contribution in [0.5, 0.6) is 0 Å². The van der Waals surface area contributed by atoms with Crippen LogP contribution in [0, 0.1) is 5.82 Å². The Morgan fingerprint density at radius 3 is 2.55 bits per heavy atom. The summed E-state index contributed by atoms with van der Waals surface area (Å²) in [5.41, 5.74) is 1.17. The fourth-order valence-corrected chi connectivity index (χ4v) is 3.94. The smallest absolute Gasteiger partial charge is 0.308 e. The maximum absolute atomic E-state index is 14.1. The molecule has 1 aliphatic heterocycles. The number of halogens is 4. The van der Waals surface area contributed by atoms with E-state index in [2.05, 4.69) is 4.98 Å². The Morgan fingerprint density at radius 2 is 1.74 bits per heavy atom. The molecule has 0 N–H and O–H groups in total. The lowest BCUT2D eigenvalue weighted by atomic mass is 9.97. The molecule has 4 aromatic rings. The van der Waals surface area contributed by atoms with Gasteiger partial charge < -0.3 is 4.57 Å². The SMILES string of the molecule is O=C(c1cc(F)ccc1-c1cccc(C(F)(F)F)c1)N1CCn2c1nc1ccccc12. The minimum absolute atomic E-state index is 0.0140. The Bertz CT molecular complexity index is 1330. The van der Waals surface area contributed by atoms with Crippen molar-refractivity contribution in [3.63, 3.8) is 0 Å². The number of carbonyl (C=O) groups is 1. The van der Waals surface area contributed by atoms with Gasteiger partial charge in [-0.3, -0.25) is 9.69 Å². The largest absolute Gasteiger partial charge is 0.416 e. The predicted octanol–water partition coefficient (Wildman–Crippen LogP) is 5.52. The maximum Gasteiger partial charge on any atom is 0.416 e. The van der Waals surface area contributed by atoms with Crippen molar-refractivity contribution >= 4 is 22.9 Å². The molecule has 0 spiro atoms. The highest BCUT2D eigenvalue weighted by molar-refractivity contribution is 6.10. The molecular formula is C23H15F4N3O. The van der Waals surface area contributed by atoms with Crippen molar-refractivity contribution in [2.45, 2.75) is 12.7 Å². The molecule has 156 valence electrons. The van der Waals surface area contributed by atoms with Gasteiger partial charge in [0, 0.05) is 13.1 Å². The molecule has 31 heavy (non-hydrogen) atoms. The van der Waals surface area contributed by atoms with Crippen LogP contribution in [-0.4, -0.2) is 22.0 Å². The summed E-state index contributed by atoms with van der Waals surface area (Å²) in [4.78, 5) is 19.4. The third-order valence-electron chi connectivity index (χ3n) is 5.38. The second-order valence-corrected chi connectivity index (χ2v) is 7.28. The van der Waals surface area contributed by atoms with Crippen molar-refractivity contribution in [1.29, 1.82) is 0 Å². The average Bonchev–Trinajstić information content (AvgIpc) is 3.32. The summed E-state index contributed by atoms with van der Waals surface area (Å²) in [7, 11) is 0. The van der Waals surface area contributed by atoms with Crippen LogP contribution in [0.25, 0.3) is 22.2 Å². The van der Waals surface area contributed by atoms with Gasteiger partial charge in [0.2, 0.25) is 5.95 Å². The van der Waals surface area contributed by atoms with Crippen LogP contribution in [0.3, 0.4) is 0 Å². The summed E-state index contributed by atoms with van der Waals surface area (Å²) < 4.78 is 55.5. The van der Waals surface area contributed by atoms with E-state index < -0.39 is 23.5 Å². The number of rotatable bonds is 2. The topological polar surface area (TPSA) is 38.1 Å². The van der Waals surface area contributed by atoms with Gasteiger partial charge in [-0.05, 0) is 47.5 Å². The van der Waals surface area contributed by atoms with Crippen molar-refractivity contribution in [3.05, 3.63) is 83.7 Å². The molecule has 8 heteroatoms. The van der Waals surface area contributed by atoms with Crippen LogP contribution in [0.2, 0.25) is 0 Å². The Labute approximate surface area is 174 Å². The van der Waals surface area contributed by atoms with Crippen LogP contribution in [0.15, 0.2) is 66.7 Å². The van der Waals surface area contributed by atoms with Gasteiger partial charge in [-0.2, -0.15) is 13.2 Å². The van der Waals surface area contributed by atoms with Crippen LogP contribution >= 0.6 is 0 Å². The minimum atomic E-state index is -4.53. The summed E-state index contributed by atoms with van der Waals surface area (Å²) in [6.07, 6.45) is -4.53. The lowest BCUT2D eigenvalue weighted by Crippen LogP contribution is -2.30. The molecule has 1 aromatic heterocycles. The molecule has 0 saturated carbocycles. The van der Waals surface area contributed by atoms with E-state index in [9.17, 15) is 22.4 Å². The van der Waals surface area contributed by atoms with E-state index >= 15 is 0 Å². The number of hydrogen-bond donors (Lipinski definition) is 0. The van der Waals surface area contributed by atoms with Crippen LogP contribution < -0.4 is 4.90 Å². The molecule has 0 unspecified atom stereocenters. The first kappa shape index (κ1) is 19.3. The maximum atomic E-state index is 14.1. The van der Waals surface area contributed by atoms with Crippen LogP contribution in [-0.2, 0) is 12.7 Å². The predicted molar refractivity (Wildman–Crippen MR) is 108 cm³/mol. The highest BCUT2D eigenvalue weighted by Gasteiger charge is 2.32. The molecule has 0 fully saturated rings. The summed E-state index contributed by atoms with van der Waals surface area (Å²) in [6, 6.07) is 15.6. The average molecular weight is 425 g/mol. The zero-order valence-corrected chi connectivity index (χ0v) is 16.0. The van der Waals surface area contributed by atoms with Gasteiger partial charge in [-0.25, -0.2) is 9.37 Å². The highest BCUT2D eigenvalue weighted by Crippen LogP contribution is 2.35. The molecule has 5 rings (SSSR count). The molecular weight excluding hydrogens is 410 g/mol. The number of para-hydroxylation sites is 2. The number of anilines is 1. The number of amides is 1. The summed E-state index contributed by atoms with van der Waals surface area (Å²) >= 11 is 0. The van der Waals surface area contributed by atoms with Gasteiger partial charge in [0.1, 0.15) is 5.82 Å². The van der Waals surface area contributed by atoms with Gasteiger partial charge in [-0.15, -0.1) is 0 Å². The normalized spacial score (nSPS) is 13.6. The molecule has 0 bridgehead atoms. The zero-order chi connectivity index (χ0) is 21.8. The molecule has 3 aromatic carbocycles. The van der Waals surface area contributed by atoms with E-state index in [1.54, 1.807) is 0 Å². The van der Waals surface area contributed by atoms with E-state index in [1.165, 1.54) is 23.1 Å². The Hall–Kier alpha value is -3.68. The van der Waals surface area contributed by atoms with Crippen molar-refractivity contribution in [2.75, 3.05) is 11.4 Å². The first-order chi connectivity index (χ1) is 14.8. The lowest BCUT2D eigenvalue weighted by Gasteiger charge is -2.17. The van der Waals surface area contributed by atoms with Gasteiger partial charge in [0.05, 0.1) is 22.2 Å². The molecule has 0 aliphatic carbocycles. The Balaban J connectivity index is 1.60. The lowest BCUT2D eigenvalue weighted by molar-refractivity contribution is -0.137. The van der Waals surface area contributed by atoms with Gasteiger partial charge in [0.25, 0.3) is 5.91 Å². The molecule has 4 nitrogen and oxygen atoms in total. The number of benzene rings is 3. The second kappa shape index (κ2) is 6.94. The summed E-state index contributed by atoms with van der Waals surface area (Å²) in [5.74, 6) is -0.724. The van der Waals surface area contributed by atoms with E-state index in [0.717, 1.165) is 35.3 Å². The standard InChI is InChI=1S/C23H15F4N3O/c24-16-8-9-17(14-4-3-5-15(12-14)23(25,26)27)18(13-16)21(31)30-11-10-29-20-7-2-1-6-19(20)28-22(29)30/h1-9,12-13H,10-11H2. The number of carbonyl (C=O) groups excluding carboxylic acids is 1. The van der Waals surface area contributed by atoms with E-state index in [-0.39, 0.29) is 16.7 Å². The van der Waals surface area contributed by atoms with E-state index in [4.69, 9.17) is 0 Å². The summed E-state index contributed by atoms with van der Waals surface area (Å²) in [5, 5.41) is 0. The molecule has 1 amide bonds. The minimum Gasteiger partial charge on any atom is -0.308 e. The first-order valence-corrected chi connectivity index (χ1v) is 9.57. The fourth-order valence-electron chi connectivity index (χ4n) is 3.94. The third kappa shape index (κ3) is 3.24. The first-order valence-electron chi connectivity index (χ1n) is 9.57. The van der Waals surface area contributed by atoms with Crippen molar-refractivity contribution in [2.24, 2.45) is 0 Å². The second-order valence-electron chi connectivity index (χ2n) is 7.28. The molecule has 0 atom stereocenters. The number of imidazole rings is 1. The third-order valence-corrected chi connectivity index (χ3v) is 5.38. The number of nitrogens with zero attached hydrogens (tertiary/aromatic N) is 3. The Kier molecular flexibility index (Phi) is 4.32. The van der Waals surface area contributed by atoms with Gasteiger partial charge in [0.15, 0.2) is 0 Å². The zero-order valence-electron chi connectivity index (χ0n) is 16.0. The molecule has 1 aliphatic rings. The number of hydrogen-bond acceptors (Lipinski definition) is 2. The fraction of sp³-hybridized carbons (Fsp3) is 0.130. The van der Waals surface area contributed by atoms with Crippen LogP contribution in [0.4, 0.5) is 23.5 Å². The number of aromatic nitrogens is 2. The summed E-state index contributed by atoms with van der Waals surface area (Å²) in [6.45, 7) is 0.861. The van der Waals surface area contributed by atoms with Gasteiger partial charge >= 0.3 is 6.18 Å². The number of alkyl halides is 3. The van der Waals surface area contributed by atoms with Crippen molar-refractivity contribution < 1.29 is 22.4 Å². The van der Waals surface area contributed by atoms with E-state index in [0.29, 0.717) is 19.0 Å². The quantitative estimate of drug-likeness (QED) is 0.397. The highest BCUT2D eigenvalue weighted by atomic mass is 19.4. The van der Waals surface area contributed by atoms with Gasteiger partial charge in [-0.1, -0.05) is 30.3 Å². The van der Waals surface area contributed by atoms with Crippen molar-refractivity contribution in [3.8, 4) is 11.1 Å². The number of fused-ring (bicyclic) bond motifs is 3. The molecule has 2 heterocycles. The molecule has 0 radical (unpaired) electrons. The van der Waals surface area contributed by atoms with Crippen LogP contribution in [0.1, 0.15) is 15.9 Å². The Morgan fingerprint density at radius 1 is 0.935 bits per heavy atom. The molecule has 0 saturated heterocycles.